The van der Waals surface area contributed by atoms with Gasteiger partial charge in [-0.1, -0.05) is 23.3 Å². The molecule has 7 heteroatoms. The fourth-order valence-corrected chi connectivity index (χ4v) is 13.4. The number of benzene rings is 3. The maximum absolute atomic E-state index is 6.30. The van der Waals surface area contributed by atoms with Crippen molar-refractivity contribution >= 4 is 23.6 Å². The lowest BCUT2D eigenvalue weighted by Crippen LogP contribution is -2.70. The molecule has 0 saturated carbocycles. The zero-order chi connectivity index (χ0) is 31.8. The van der Waals surface area contributed by atoms with Crippen LogP contribution in [0.3, 0.4) is 0 Å². The highest BCUT2D eigenvalue weighted by Crippen LogP contribution is 2.47. The fourth-order valence-electron chi connectivity index (χ4n) is 6.99. The first-order valence-electron chi connectivity index (χ1n) is 14.5. The van der Waals surface area contributed by atoms with Gasteiger partial charge in [-0.25, -0.2) is 0 Å². The van der Waals surface area contributed by atoms with Gasteiger partial charge in [-0.15, -0.1) is 0 Å². The van der Waals surface area contributed by atoms with Crippen molar-refractivity contribution in [1.29, 1.82) is 0 Å². The smallest absolute Gasteiger partial charge is 0.203 e. The predicted molar refractivity (Wildman–Crippen MR) is 178 cm³/mol. The summed E-state index contributed by atoms with van der Waals surface area (Å²) in [5.41, 5.74) is 6.92. The quantitative estimate of drug-likeness (QED) is 0.210. The molecule has 0 aliphatic heterocycles. The minimum atomic E-state index is -3.57. The van der Waals surface area contributed by atoms with Crippen LogP contribution in [0.5, 0.6) is 34.5 Å². The van der Waals surface area contributed by atoms with E-state index in [4.69, 9.17) is 28.4 Å². The molecule has 0 N–H and O–H groups in total. The van der Waals surface area contributed by atoms with Gasteiger partial charge in [0.15, 0.2) is 0 Å². The second-order valence-corrected chi connectivity index (χ2v) is 15.0. The van der Waals surface area contributed by atoms with E-state index in [1.807, 2.05) is 0 Å². The molecule has 0 spiro atoms. The van der Waals surface area contributed by atoms with Crippen LogP contribution in [-0.4, -0.2) is 50.7 Å². The molecule has 1 atom stereocenters. The maximum Gasteiger partial charge on any atom is 0.203 e. The number of aryl methyl sites for hydroxylation is 3. The van der Waals surface area contributed by atoms with Crippen molar-refractivity contribution in [2.24, 2.45) is 5.92 Å². The Morgan fingerprint density at radius 3 is 0.884 bits per heavy atom. The molecule has 3 aromatic rings. The Kier molecular flexibility index (Phi) is 9.26. The molecule has 0 fully saturated rings. The molecule has 0 amide bonds. The van der Waals surface area contributed by atoms with Crippen LogP contribution in [0, 0.1) is 26.7 Å². The van der Waals surface area contributed by atoms with Gasteiger partial charge in [0, 0.05) is 15.6 Å². The van der Waals surface area contributed by atoms with Crippen molar-refractivity contribution in [3.63, 3.8) is 0 Å². The van der Waals surface area contributed by atoms with Gasteiger partial charge in [0.05, 0.1) is 42.7 Å². The van der Waals surface area contributed by atoms with Gasteiger partial charge in [-0.05, 0) is 106 Å². The van der Waals surface area contributed by atoms with Crippen molar-refractivity contribution in [1.82, 2.24) is 0 Å². The largest absolute Gasteiger partial charge is 0.497 e. The highest BCUT2D eigenvalue weighted by Gasteiger charge is 2.57. The minimum Gasteiger partial charge on any atom is -0.497 e. The van der Waals surface area contributed by atoms with Gasteiger partial charge in [0.25, 0.3) is 0 Å². The standard InChI is InChI=1S/C36H46O6Si/c1-20-14-27(37-8)34(28(15-20)38-9)43(33-25(6)23(4)24(5)26(33)7,35-29(39-10)16-21(2)17-30(35)40-11)36-31(41-12)18-22(3)19-32(36)42-13/h14-19,25H,1-13H3. The van der Waals surface area contributed by atoms with Crippen LogP contribution >= 0.6 is 0 Å². The van der Waals surface area contributed by atoms with Crippen LogP contribution in [-0.2, 0) is 0 Å². The molecule has 0 heterocycles. The molecule has 0 radical (unpaired) electrons. The molecule has 4 rings (SSSR count). The number of allylic oxidation sites excluding steroid dienone is 4. The number of hydrogen-bond acceptors (Lipinski definition) is 6. The molecule has 1 aliphatic rings. The predicted octanol–water partition coefficient (Wildman–Crippen LogP) is 5.98. The summed E-state index contributed by atoms with van der Waals surface area (Å²) in [7, 11) is 6.75. The first-order valence-corrected chi connectivity index (χ1v) is 16.5. The van der Waals surface area contributed by atoms with Gasteiger partial charge in [0.2, 0.25) is 8.07 Å². The van der Waals surface area contributed by atoms with E-state index in [0.29, 0.717) is 0 Å². The molecule has 1 aliphatic carbocycles. The molecule has 0 bridgehead atoms. The summed E-state index contributed by atoms with van der Waals surface area (Å²) in [5, 5.41) is 4.14. The van der Waals surface area contributed by atoms with E-state index in [2.05, 4.69) is 84.9 Å². The Bertz CT molecular complexity index is 1390. The molecule has 230 valence electrons. The number of ether oxygens (including phenoxy) is 6. The van der Waals surface area contributed by atoms with Gasteiger partial charge in [-0.3, -0.25) is 0 Å². The Balaban J connectivity index is 2.53. The summed E-state index contributed by atoms with van der Waals surface area (Å²) in [6, 6.07) is 12.5. The van der Waals surface area contributed by atoms with Crippen LogP contribution in [0.1, 0.15) is 44.4 Å². The second-order valence-electron chi connectivity index (χ2n) is 11.5. The molecule has 0 saturated heterocycles. The summed E-state index contributed by atoms with van der Waals surface area (Å²) in [4.78, 5) is 0. The van der Waals surface area contributed by atoms with Crippen molar-refractivity contribution < 1.29 is 28.4 Å². The van der Waals surface area contributed by atoms with Crippen LogP contribution in [0.4, 0.5) is 0 Å². The highest BCUT2D eigenvalue weighted by molar-refractivity contribution is 7.18. The number of hydrogen-bond donors (Lipinski definition) is 0. The highest BCUT2D eigenvalue weighted by atomic mass is 28.3. The van der Waals surface area contributed by atoms with Crippen molar-refractivity contribution in [2.75, 3.05) is 42.7 Å². The Morgan fingerprint density at radius 1 is 0.442 bits per heavy atom. The normalized spacial score (nSPS) is 15.1. The Hall–Kier alpha value is -3.84. The summed E-state index contributed by atoms with van der Waals surface area (Å²) in [6.45, 7) is 15.1. The summed E-state index contributed by atoms with van der Waals surface area (Å²) in [6.07, 6.45) is 0. The van der Waals surface area contributed by atoms with Crippen molar-refractivity contribution in [3.05, 3.63) is 75.0 Å². The van der Waals surface area contributed by atoms with Crippen LogP contribution < -0.4 is 44.0 Å². The first kappa shape index (κ1) is 32.1. The van der Waals surface area contributed by atoms with Crippen molar-refractivity contribution in [2.45, 2.75) is 48.5 Å². The third-order valence-electron chi connectivity index (χ3n) is 9.12. The fraction of sp³-hybridized carbons (Fsp3) is 0.389. The van der Waals surface area contributed by atoms with E-state index in [1.54, 1.807) is 42.7 Å². The van der Waals surface area contributed by atoms with E-state index in [9.17, 15) is 0 Å². The number of methoxy groups -OCH3 is 6. The molecule has 1 unspecified atom stereocenters. The maximum atomic E-state index is 6.30. The summed E-state index contributed by atoms with van der Waals surface area (Å²) < 4.78 is 37.8. The topological polar surface area (TPSA) is 55.4 Å². The van der Waals surface area contributed by atoms with Crippen molar-refractivity contribution in [3.8, 4) is 34.5 Å². The minimum absolute atomic E-state index is 0.0915. The lowest BCUT2D eigenvalue weighted by atomic mass is 10.1. The van der Waals surface area contributed by atoms with Crippen LogP contribution in [0.2, 0.25) is 0 Å². The average molecular weight is 603 g/mol. The van der Waals surface area contributed by atoms with Gasteiger partial charge >= 0.3 is 0 Å². The summed E-state index contributed by atoms with van der Waals surface area (Å²) >= 11 is 0. The lowest BCUT2D eigenvalue weighted by molar-refractivity contribution is 0.395. The van der Waals surface area contributed by atoms with E-state index in [0.717, 1.165) is 66.7 Å². The second kappa shape index (κ2) is 12.4. The van der Waals surface area contributed by atoms with E-state index >= 15 is 0 Å². The van der Waals surface area contributed by atoms with E-state index in [-0.39, 0.29) is 5.92 Å². The molecule has 43 heavy (non-hydrogen) atoms. The summed E-state index contributed by atoms with van der Waals surface area (Å²) in [5.74, 6) is 4.47. The molecule has 6 nitrogen and oxygen atoms in total. The van der Waals surface area contributed by atoms with E-state index in [1.165, 1.54) is 21.9 Å². The average Bonchev–Trinajstić information content (AvgIpc) is 3.19. The lowest BCUT2D eigenvalue weighted by Gasteiger charge is -2.42. The number of rotatable bonds is 10. The Labute approximate surface area is 258 Å². The zero-order valence-corrected chi connectivity index (χ0v) is 29.0. The SMILES string of the molecule is COc1cc(C)cc(OC)c1[Si](C1=C(C)C(C)=C(C)C1C)(c1c(OC)cc(C)cc1OC)c1c(OC)cc(C)cc1OC. The van der Waals surface area contributed by atoms with E-state index < -0.39 is 8.07 Å². The van der Waals surface area contributed by atoms with Crippen LogP contribution in [0.15, 0.2) is 58.3 Å². The third-order valence-corrected chi connectivity index (χ3v) is 14.5. The molecule has 0 aromatic heterocycles. The molecule has 3 aromatic carbocycles. The van der Waals surface area contributed by atoms with Gasteiger partial charge in [0.1, 0.15) is 34.5 Å². The van der Waals surface area contributed by atoms with Crippen LogP contribution in [0.25, 0.3) is 0 Å². The third kappa shape index (κ3) is 4.97. The van der Waals surface area contributed by atoms with Gasteiger partial charge < -0.3 is 28.4 Å². The molecular weight excluding hydrogens is 556 g/mol. The monoisotopic (exact) mass is 602 g/mol. The van der Waals surface area contributed by atoms with Gasteiger partial charge in [-0.2, -0.15) is 0 Å². The Morgan fingerprint density at radius 2 is 0.698 bits per heavy atom. The first-order chi connectivity index (χ1) is 20.5. The molecular formula is C36H46O6Si. The zero-order valence-electron chi connectivity index (χ0n) is 28.0.